The van der Waals surface area contributed by atoms with Gasteiger partial charge in [-0.3, -0.25) is 14.9 Å². The largest absolute Gasteiger partial charge is 0.340 e. The highest BCUT2D eigenvalue weighted by molar-refractivity contribution is 7.15. The summed E-state index contributed by atoms with van der Waals surface area (Å²) < 4.78 is 27.7. The normalized spacial score (nSPS) is 15.9. The zero-order valence-electron chi connectivity index (χ0n) is 16.4. The van der Waals surface area contributed by atoms with Crippen LogP contribution in [0.3, 0.4) is 0 Å². The zero-order valence-corrected chi connectivity index (χ0v) is 17.2. The Morgan fingerprint density at radius 2 is 1.76 bits per heavy atom. The van der Waals surface area contributed by atoms with Crippen LogP contribution < -0.4 is 10.6 Å². The minimum Gasteiger partial charge on any atom is -0.340 e. The van der Waals surface area contributed by atoms with Gasteiger partial charge in [-0.15, -0.1) is 10.2 Å². The van der Waals surface area contributed by atoms with Crippen molar-refractivity contribution >= 4 is 28.3 Å². The van der Waals surface area contributed by atoms with Gasteiger partial charge in [0.05, 0.1) is 0 Å². The molecule has 9 heteroatoms. The van der Waals surface area contributed by atoms with Crippen molar-refractivity contribution in [3.8, 4) is 0 Å². The van der Waals surface area contributed by atoms with E-state index in [4.69, 9.17) is 0 Å². The highest BCUT2D eigenvalue weighted by atomic mass is 32.1. The quantitative estimate of drug-likeness (QED) is 0.729. The number of benzene rings is 1. The molecule has 0 saturated heterocycles. The Bertz CT molecular complexity index is 861. The van der Waals surface area contributed by atoms with Crippen LogP contribution in [-0.4, -0.2) is 28.1 Å². The van der Waals surface area contributed by atoms with E-state index in [-0.39, 0.29) is 5.92 Å². The van der Waals surface area contributed by atoms with Gasteiger partial charge in [0.2, 0.25) is 11.0 Å². The van der Waals surface area contributed by atoms with Crippen molar-refractivity contribution in [1.82, 2.24) is 15.5 Å². The lowest BCUT2D eigenvalue weighted by atomic mass is 9.90. The van der Waals surface area contributed by atoms with Crippen LogP contribution in [0, 0.1) is 17.6 Å². The molecule has 1 unspecified atom stereocenters. The molecule has 156 valence electrons. The number of aromatic nitrogens is 2. The van der Waals surface area contributed by atoms with E-state index in [1.54, 1.807) is 13.8 Å². The number of nitrogens with one attached hydrogen (secondary N) is 2. The number of nitrogens with zero attached hydrogens (tertiary/aromatic N) is 2. The molecule has 0 radical (unpaired) electrons. The standard InChI is InChI=1S/C20H24F2N4O2S/c1-11(2)16(23-17(27)15-13(21)9-6-10-14(15)22)18(28)24-20-26-25-19(29-20)12-7-4-3-5-8-12/h6,9-12,16H,3-5,7-8H2,1-2H3,(H,23,27)(H,24,26,28). The Kier molecular flexibility index (Phi) is 6.89. The third kappa shape index (κ3) is 5.14. The van der Waals surface area contributed by atoms with Crippen LogP contribution in [0.1, 0.15) is 67.2 Å². The molecule has 3 rings (SSSR count). The number of amides is 2. The van der Waals surface area contributed by atoms with Crippen molar-refractivity contribution in [2.45, 2.75) is 57.9 Å². The molecule has 1 fully saturated rings. The maximum absolute atomic E-state index is 13.9. The Morgan fingerprint density at radius 3 is 2.38 bits per heavy atom. The van der Waals surface area contributed by atoms with Crippen LogP contribution in [0.4, 0.5) is 13.9 Å². The summed E-state index contributed by atoms with van der Waals surface area (Å²) in [6.45, 7) is 3.46. The van der Waals surface area contributed by atoms with Crippen molar-refractivity contribution < 1.29 is 18.4 Å². The van der Waals surface area contributed by atoms with Gasteiger partial charge in [0.1, 0.15) is 28.2 Å². The van der Waals surface area contributed by atoms with Crippen LogP contribution in [0.25, 0.3) is 0 Å². The summed E-state index contributed by atoms with van der Waals surface area (Å²) >= 11 is 1.33. The fraction of sp³-hybridized carbons (Fsp3) is 0.500. The predicted octanol–water partition coefficient (Wildman–Crippen LogP) is 4.26. The van der Waals surface area contributed by atoms with Crippen molar-refractivity contribution in [2.75, 3.05) is 5.32 Å². The Hall–Kier alpha value is -2.42. The SMILES string of the molecule is CC(C)C(NC(=O)c1c(F)cccc1F)C(=O)Nc1nnc(C2CCCCC2)s1. The maximum atomic E-state index is 13.9. The smallest absolute Gasteiger partial charge is 0.257 e. The molecule has 6 nitrogen and oxygen atoms in total. The third-order valence-corrected chi connectivity index (χ3v) is 6.05. The molecule has 1 saturated carbocycles. The molecule has 0 aliphatic heterocycles. The van der Waals surface area contributed by atoms with Crippen LogP contribution >= 0.6 is 11.3 Å². The van der Waals surface area contributed by atoms with E-state index in [0.29, 0.717) is 11.0 Å². The molecular formula is C20H24F2N4O2S. The molecule has 0 spiro atoms. The monoisotopic (exact) mass is 422 g/mol. The average Bonchev–Trinajstić information content (AvgIpc) is 3.14. The number of hydrogen-bond acceptors (Lipinski definition) is 5. The first kappa shape index (κ1) is 21.3. The van der Waals surface area contributed by atoms with E-state index in [9.17, 15) is 18.4 Å². The van der Waals surface area contributed by atoms with Gasteiger partial charge >= 0.3 is 0 Å². The van der Waals surface area contributed by atoms with E-state index >= 15 is 0 Å². The average molecular weight is 423 g/mol. The minimum absolute atomic E-state index is 0.306. The van der Waals surface area contributed by atoms with E-state index in [1.165, 1.54) is 36.7 Å². The number of anilines is 1. The molecule has 1 aliphatic carbocycles. The van der Waals surface area contributed by atoms with Gasteiger partial charge in [-0.1, -0.05) is 50.5 Å². The second-order valence-electron chi connectivity index (χ2n) is 7.56. The fourth-order valence-electron chi connectivity index (χ4n) is 3.45. The molecule has 29 heavy (non-hydrogen) atoms. The zero-order chi connectivity index (χ0) is 21.0. The lowest BCUT2D eigenvalue weighted by Gasteiger charge is -2.21. The molecule has 1 atom stereocenters. The van der Waals surface area contributed by atoms with Gasteiger partial charge in [-0.25, -0.2) is 8.78 Å². The van der Waals surface area contributed by atoms with Gasteiger partial charge in [-0.05, 0) is 30.9 Å². The maximum Gasteiger partial charge on any atom is 0.257 e. The van der Waals surface area contributed by atoms with Crippen LogP contribution in [-0.2, 0) is 4.79 Å². The van der Waals surface area contributed by atoms with E-state index in [0.717, 1.165) is 30.0 Å². The Balaban J connectivity index is 1.68. The van der Waals surface area contributed by atoms with Gasteiger partial charge < -0.3 is 5.32 Å². The van der Waals surface area contributed by atoms with Gasteiger partial charge in [0.15, 0.2) is 0 Å². The Morgan fingerprint density at radius 1 is 1.10 bits per heavy atom. The number of hydrogen-bond donors (Lipinski definition) is 2. The van der Waals surface area contributed by atoms with Crippen LogP contribution in [0.5, 0.6) is 0 Å². The van der Waals surface area contributed by atoms with Crippen LogP contribution in [0.15, 0.2) is 18.2 Å². The topological polar surface area (TPSA) is 84.0 Å². The second-order valence-corrected chi connectivity index (χ2v) is 8.57. The molecule has 1 aromatic heterocycles. The van der Waals surface area contributed by atoms with Gasteiger partial charge in [-0.2, -0.15) is 0 Å². The highest BCUT2D eigenvalue weighted by Gasteiger charge is 2.28. The molecule has 1 aliphatic rings. The molecular weight excluding hydrogens is 398 g/mol. The van der Waals surface area contributed by atoms with Gasteiger partial charge in [0, 0.05) is 5.92 Å². The molecule has 0 bridgehead atoms. The van der Waals surface area contributed by atoms with Crippen molar-refractivity contribution in [3.05, 3.63) is 40.4 Å². The van der Waals surface area contributed by atoms with Crippen molar-refractivity contribution in [1.29, 1.82) is 0 Å². The molecule has 1 heterocycles. The summed E-state index contributed by atoms with van der Waals surface area (Å²) in [4.78, 5) is 25.1. The second kappa shape index (κ2) is 9.39. The van der Waals surface area contributed by atoms with Crippen LogP contribution in [0.2, 0.25) is 0 Å². The summed E-state index contributed by atoms with van der Waals surface area (Å²) in [5.74, 6) is -3.37. The molecule has 1 aromatic carbocycles. The van der Waals surface area contributed by atoms with Gasteiger partial charge in [0.25, 0.3) is 5.91 Å². The Labute approximate surface area is 172 Å². The number of carbonyl (C=O) groups is 2. The fourth-order valence-corrected chi connectivity index (χ4v) is 4.36. The van der Waals surface area contributed by atoms with Crippen molar-refractivity contribution in [2.24, 2.45) is 5.92 Å². The predicted molar refractivity (Wildman–Crippen MR) is 107 cm³/mol. The van der Waals surface area contributed by atoms with E-state index in [2.05, 4.69) is 20.8 Å². The highest BCUT2D eigenvalue weighted by Crippen LogP contribution is 2.35. The summed E-state index contributed by atoms with van der Waals surface area (Å²) in [7, 11) is 0. The van der Waals surface area contributed by atoms with E-state index in [1.807, 2.05) is 0 Å². The number of rotatable bonds is 6. The summed E-state index contributed by atoms with van der Waals surface area (Å²) in [5.41, 5.74) is -0.707. The first-order valence-corrected chi connectivity index (χ1v) is 10.6. The van der Waals surface area contributed by atoms with E-state index < -0.39 is 35.1 Å². The number of carbonyl (C=O) groups excluding carboxylic acids is 2. The summed E-state index contributed by atoms with van der Waals surface area (Å²) in [6.07, 6.45) is 5.71. The molecule has 2 N–H and O–H groups in total. The minimum atomic E-state index is -0.983. The summed E-state index contributed by atoms with van der Waals surface area (Å²) in [5, 5.41) is 14.6. The first-order valence-electron chi connectivity index (χ1n) is 9.76. The molecule has 2 amide bonds. The lowest BCUT2D eigenvalue weighted by Crippen LogP contribution is -2.47. The lowest BCUT2D eigenvalue weighted by molar-refractivity contribution is -0.118. The first-order chi connectivity index (χ1) is 13.9. The summed E-state index contributed by atoms with van der Waals surface area (Å²) in [6, 6.07) is 2.18. The molecule has 2 aromatic rings. The number of halogens is 2. The van der Waals surface area contributed by atoms with Crippen molar-refractivity contribution in [3.63, 3.8) is 0 Å². The third-order valence-electron chi connectivity index (χ3n) is 5.05.